The fourth-order valence-electron chi connectivity index (χ4n) is 0.909. The topological polar surface area (TPSA) is 69.6 Å². The van der Waals surface area contributed by atoms with Gasteiger partial charge in [0.05, 0.1) is 0 Å². The first-order valence-electron chi connectivity index (χ1n) is 4.38. The maximum Gasteiger partial charge on any atom is 0.328 e. The van der Waals surface area contributed by atoms with Crippen molar-refractivity contribution in [2.45, 2.75) is 19.8 Å². The molecule has 0 saturated carbocycles. The van der Waals surface area contributed by atoms with Crippen LogP contribution in [0.3, 0.4) is 0 Å². The van der Waals surface area contributed by atoms with Crippen LogP contribution in [0.1, 0.15) is 19.8 Å². The number of aliphatic hydroxyl groups is 1. The molecule has 0 aromatic rings. The predicted octanol–water partition coefficient (Wildman–Crippen LogP) is 0.379. The van der Waals surface area contributed by atoms with Crippen molar-refractivity contribution >= 4 is 5.97 Å². The average molecular weight is 187 g/mol. The molecule has 13 heavy (non-hydrogen) atoms. The number of hydrogen-bond donors (Lipinski definition) is 3. The van der Waals surface area contributed by atoms with E-state index in [1.54, 1.807) is 6.92 Å². The maximum absolute atomic E-state index is 10.2. The van der Waals surface area contributed by atoms with Gasteiger partial charge in [0.2, 0.25) is 0 Å². The van der Waals surface area contributed by atoms with Crippen LogP contribution in [-0.4, -0.2) is 35.9 Å². The molecular formula is C9H17NO3. The van der Waals surface area contributed by atoms with Crippen molar-refractivity contribution in [3.63, 3.8) is 0 Å². The molecule has 0 aromatic heterocycles. The summed E-state index contributed by atoms with van der Waals surface area (Å²) in [7, 11) is 0. The Balaban J connectivity index is 3.37. The summed E-state index contributed by atoms with van der Waals surface area (Å²) in [6, 6.07) is 0. The van der Waals surface area contributed by atoms with Gasteiger partial charge in [-0.25, -0.2) is 4.79 Å². The lowest BCUT2D eigenvalue weighted by molar-refractivity contribution is -0.131. The zero-order chi connectivity index (χ0) is 10.1. The van der Waals surface area contributed by atoms with E-state index >= 15 is 0 Å². The second kappa shape index (κ2) is 7.76. The van der Waals surface area contributed by atoms with Crippen LogP contribution in [0.5, 0.6) is 0 Å². The van der Waals surface area contributed by atoms with Gasteiger partial charge in [-0.15, -0.1) is 0 Å². The van der Waals surface area contributed by atoms with E-state index in [1.807, 2.05) is 0 Å². The molecule has 0 aliphatic heterocycles. The summed E-state index contributed by atoms with van der Waals surface area (Å²) in [5, 5.41) is 19.9. The van der Waals surface area contributed by atoms with Crippen LogP contribution < -0.4 is 5.32 Å². The van der Waals surface area contributed by atoms with Gasteiger partial charge in [-0.05, 0) is 26.3 Å². The van der Waals surface area contributed by atoms with E-state index in [1.165, 1.54) is 6.08 Å². The van der Waals surface area contributed by atoms with Gasteiger partial charge in [-0.1, -0.05) is 5.57 Å². The van der Waals surface area contributed by atoms with E-state index in [-0.39, 0.29) is 6.61 Å². The quantitative estimate of drug-likeness (QED) is 0.398. The van der Waals surface area contributed by atoms with E-state index in [0.29, 0.717) is 6.54 Å². The van der Waals surface area contributed by atoms with Crippen LogP contribution in [-0.2, 0) is 4.79 Å². The summed E-state index contributed by atoms with van der Waals surface area (Å²) in [5.41, 5.74) is 0.802. The first-order chi connectivity index (χ1) is 6.16. The summed E-state index contributed by atoms with van der Waals surface area (Å²) in [6.07, 6.45) is 2.89. The summed E-state index contributed by atoms with van der Waals surface area (Å²) in [6.45, 7) is 3.39. The zero-order valence-electron chi connectivity index (χ0n) is 7.92. The van der Waals surface area contributed by atoms with E-state index in [9.17, 15) is 4.79 Å². The molecule has 0 radical (unpaired) electrons. The Kier molecular flexibility index (Phi) is 7.24. The highest BCUT2D eigenvalue weighted by Crippen LogP contribution is 1.90. The van der Waals surface area contributed by atoms with E-state index < -0.39 is 5.97 Å². The van der Waals surface area contributed by atoms with Crippen molar-refractivity contribution in [2.24, 2.45) is 0 Å². The SMILES string of the molecule is CC(=CC(=O)O)CNCCCCO. The standard InChI is InChI=1S/C9H17NO3/c1-8(6-9(12)13)7-10-4-2-3-5-11/h6,10-11H,2-5,7H2,1H3,(H,12,13). The highest BCUT2D eigenvalue weighted by molar-refractivity contribution is 5.80. The minimum Gasteiger partial charge on any atom is -0.478 e. The molecule has 0 atom stereocenters. The molecule has 0 fully saturated rings. The molecule has 3 N–H and O–H groups in total. The first-order valence-corrected chi connectivity index (χ1v) is 4.38. The normalized spacial score (nSPS) is 11.7. The van der Waals surface area contributed by atoms with Gasteiger partial charge in [-0.2, -0.15) is 0 Å². The number of aliphatic carboxylic acids is 1. The molecule has 0 saturated heterocycles. The lowest BCUT2D eigenvalue weighted by Gasteiger charge is -2.02. The number of aliphatic hydroxyl groups excluding tert-OH is 1. The molecule has 0 aliphatic carbocycles. The summed E-state index contributed by atoms with van der Waals surface area (Å²) < 4.78 is 0. The minimum atomic E-state index is -0.908. The van der Waals surface area contributed by atoms with Gasteiger partial charge >= 0.3 is 5.97 Å². The Labute approximate surface area is 78.3 Å². The van der Waals surface area contributed by atoms with Gasteiger partial charge in [0.15, 0.2) is 0 Å². The third-order valence-corrected chi connectivity index (χ3v) is 1.54. The lowest BCUT2D eigenvalue weighted by atomic mass is 10.2. The highest BCUT2D eigenvalue weighted by atomic mass is 16.4. The van der Waals surface area contributed by atoms with Gasteiger partial charge in [0.1, 0.15) is 0 Å². The summed E-state index contributed by atoms with van der Waals surface area (Å²) >= 11 is 0. The number of unbranched alkanes of at least 4 members (excludes halogenated alkanes) is 1. The minimum absolute atomic E-state index is 0.214. The third kappa shape index (κ3) is 9.04. The van der Waals surface area contributed by atoms with Gasteiger partial charge in [-0.3, -0.25) is 0 Å². The molecular weight excluding hydrogens is 170 g/mol. The molecule has 0 bridgehead atoms. The summed E-state index contributed by atoms with van der Waals surface area (Å²) in [5.74, 6) is -0.908. The van der Waals surface area contributed by atoms with Crippen molar-refractivity contribution in [2.75, 3.05) is 19.7 Å². The maximum atomic E-state index is 10.2. The van der Waals surface area contributed by atoms with Gasteiger partial charge in [0.25, 0.3) is 0 Å². The van der Waals surface area contributed by atoms with E-state index in [0.717, 1.165) is 25.0 Å². The predicted molar refractivity (Wildman–Crippen MR) is 50.6 cm³/mol. The fraction of sp³-hybridized carbons (Fsp3) is 0.667. The van der Waals surface area contributed by atoms with Crippen molar-refractivity contribution in [3.05, 3.63) is 11.6 Å². The van der Waals surface area contributed by atoms with Crippen LogP contribution in [0, 0.1) is 0 Å². The zero-order valence-corrected chi connectivity index (χ0v) is 7.92. The second-order valence-corrected chi connectivity index (χ2v) is 2.94. The highest BCUT2D eigenvalue weighted by Gasteiger charge is 1.93. The van der Waals surface area contributed by atoms with Crippen LogP contribution in [0.25, 0.3) is 0 Å². The molecule has 0 unspecified atom stereocenters. The van der Waals surface area contributed by atoms with Gasteiger partial charge < -0.3 is 15.5 Å². The Morgan fingerprint density at radius 2 is 2.15 bits per heavy atom. The Hall–Kier alpha value is -0.870. The number of carboxylic acid groups (broad SMARTS) is 1. The smallest absolute Gasteiger partial charge is 0.328 e. The largest absolute Gasteiger partial charge is 0.478 e. The van der Waals surface area contributed by atoms with E-state index in [4.69, 9.17) is 10.2 Å². The van der Waals surface area contributed by atoms with Crippen molar-refractivity contribution in [3.8, 4) is 0 Å². The van der Waals surface area contributed by atoms with Crippen LogP contribution in [0.15, 0.2) is 11.6 Å². The fourth-order valence-corrected chi connectivity index (χ4v) is 0.909. The molecule has 4 heteroatoms. The van der Waals surface area contributed by atoms with Crippen LogP contribution >= 0.6 is 0 Å². The number of carbonyl (C=O) groups is 1. The number of hydrogen-bond acceptors (Lipinski definition) is 3. The Morgan fingerprint density at radius 3 is 2.69 bits per heavy atom. The second-order valence-electron chi connectivity index (χ2n) is 2.94. The monoisotopic (exact) mass is 187 g/mol. The van der Waals surface area contributed by atoms with Crippen molar-refractivity contribution < 1.29 is 15.0 Å². The number of nitrogens with one attached hydrogen (secondary N) is 1. The van der Waals surface area contributed by atoms with E-state index in [2.05, 4.69) is 5.32 Å². The number of rotatable bonds is 7. The van der Waals surface area contributed by atoms with Crippen molar-refractivity contribution in [1.82, 2.24) is 5.32 Å². The molecule has 0 aromatic carbocycles. The first kappa shape index (κ1) is 12.1. The van der Waals surface area contributed by atoms with Crippen molar-refractivity contribution in [1.29, 1.82) is 0 Å². The molecule has 0 spiro atoms. The van der Waals surface area contributed by atoms with Crippen LogP contribution in [0.4, 0.5) is 0 Å². The molecule has 0 rings (SSSR count). The molecule has 76 valence electrons. The number of carboxylic acids is 1. The molecule has 0 aliphatic rings. The average Bonchev–Trinajstić information content (AvgIpc) is 2.02. The third-order valence-electron chi connectivity index (χ3n) is 1.54. The Bertz CT molecular complexity index is 178. The molecule has 0 amide bonds. The molecule has 0 heterocycles. The summed E-state index contributed by atoms with van der Waals surface area (Å²) in [4.78, 5) is 10.2. The lowest BCUT2D eigenvalue weighted by Crippen LogP contribution is -2.18. The van der Waals surface area contributed by atoms with Gasteiger partial charge in [0, 0.05) is 19.2 Å². The Morgan fingerprint density at radius 1 is 1.46 bits per heavy atom. The van der Waals surface area contributed by atoms with Crippen LogP contribution in [0.2, 0.25) is 0 Å². The molecule has 4 nitrogen and oxygen atoms in total.